The molecule has 5 N–H and O–H groups in total. The zero-order valence-electron chi connectivity index (χ0n) is 8.87. The van der Waals surface area contributed by atoms with Crippen LogP contribution in [0.1, 0.15) is 28.4 Å². The number of hydrogen-bond acceptors (Lipinski definition) is 5. The molecule has 2 unspecified atom stereocenters. The van der Waals surface area contributed by atoms with Crippen LogP contribution in [0, 0.1) is 11.3 Å². The highest BCUT2D eigenvalue weighted by molar-refractivity contribution is 5.94. The fraction of sp³-hybridized carbons (Fsp3) is 0.273. The molecular weight excluding hydrogens is 224 g/mol. The van der Waals surface area contributed by atoms with E-state index in [-0.39, 0.29) is 23.2 Å². The Morgan fingerprint density at radius 2 is 2.12 bits per heavy atom. The first-order chi connectivity index (χ1) is 7.99. The molecule has 0 bridgehead atoms. The average Bonchev–Trinajstić information content (AvgIpc) is 2.28. The number of nitriles is 1. The second kappa shape index (κ2) is 5.30. The van der Waals surface area contributed by atoms with Gasteiger partial charge in [-0.25, -0.2) is 4.79 Å². The third-order valence-corrected chi connectivity index (χ3v) is 2.35. The first-order valence-electron chi connectivity index (χ1n) is 4.83. The lowest BCUT2D eigenvalue weighted by Gasteiger charge is -2.18. The molecule has 0 saturated carbocycles. The Balaban J connectivity index is 3.11. The molecule has 0 aromatic heterocycles. The smallest absolute Gasteiger partial charge is 0.337 e. The molecule has 90 valence electrons. The summed E-state index contributed by atoms with van der Waals surface area (Å²) in [6.07, 6.45) is -2.95. The van der Waals surface area contributed by atoms with Crippen LogP contribution in [-0.4, -0.2) is 27.4 Å². The predicted octanol–water partition coefficient (Wildman–Crippen LogP) is 0.275. The van der Waals surface area contributed by atoms with Crippen LogP contribution >= 0.6 is 0 Å². The number of nitrogen functional groups attached to an aromatic ring is 1. The lowest BCUT2D eigenvalue weighted by Crippen LogP contribution is -2.19. The number of benzene rings is 1. The molecule has 0 heterocycles. The van der Waals surface area contributed by atoms with Gasteiger partial charge < -0.3 is 21.1 Å². The molecule has 0 amide bonds. The number of rotatable bonds is 4. The average molecular weight is 236 g/mol. The topological polar surface area (TPSA) is 128 Å². The maximum absolute atomic E-state index is 10.8. The number of aliphatic hydroxyl groups is 2. The van der Waals surface area contributed by atoms with Gasteiger partial charge in [0.05, 0.1) is 29.8 Å². The van der Waals surface area contributed by atoms with Crippen molar-refractivity contribution in [2.24, 2.45) is 0 Å². The largest absolute Gasteiger partial charge is 0.478 e. The van der Waals surface area contributed by atoms with Crippen LogP contribution < -0.4 is 5.73 Å². The van der Waals surface area contributed by atoms with Crippen LogP contribution in [0.2, 0.25) is 0 Å². The summed E-state index contributed by atoms with van der Waals surface area (Å²) in [5, 5.41) is 36.4. The van der Waals surface area contributed by atoms with Gasteiger partial charge in [0.25, 0.3) is 0 Å². The van der Waals surface area contributed by atoms with Crippen LogP contribution in [-0.2, 0) is 0 Å². The first kappa shape index (κ1) is 13.0. The van der Waals surface area contributed by atoms with E-state index in [1.807, 2.05) is 0 Å². The van der Waals surface area contributed by atoms with Crippen molar-refractivity contribution < 1.29 is 20.1 Å². The Labute approximate surface area is 97.5 Å². The quantitative estimate of drug-likeness (QED) is 0.556. The fourth-order valence-electron chi connectivity index (χ4n) is 1.44. The molecule has 0 aliphatic carbocycles. The molecular formula is C11H12N2O4. The van der Waals surface area contributed by atoms with Gasteiger partial charge in [-0.05, 0) is 6.07 Å². The SMILES string of the molecule is N#CCC(O)C(O)c1cccc(C(=O)O)c1N. The van der Waals surface area contributed by atoms with Gasteiger partial charge in [-0.2, -0.15) is 5.26 Å². The molecule has 0 radical (unpaired) electrons. The molecule has 0 fully saturated rings. The van der Waals surface area contributed by atoms with Gasteiger partial charge in [-0.15, -0.1) is 0 Å². The maximum atomic E-state index is 10.8. The number of hydrogen-bond donors (Lipinski definition) is 4. The van der Waals surface area contributed by atoms with Gasteiger partial charge in [-0.3, -0.25) is 0 Å². The van der Waals surface area contributed by atoms with E-state index in [9.17, 15) is 15.0 Å². The molecule has 0 spiro atoms. The van der Waals surface area contributed by atoms with E-state index in [2.05, 4.69) is 0 Å². The number of aliphatic hydroxyl groups excluding tert-OH is 2. The van der Waals surface area contributed by atoms with Crippen molar-refractivity contribution >= 4 is 11.7 Å². The number of carboxylic acid groups (broad SMARTS) is 1. The fourth-order valence-corrected chi connectivity index (χ4v) is 1.44. The standard InChI is InChI=1S/C11H12N2O4/c12-5-4-8(14)10(15)6-2-1-3-7(9(6)13)11(16)17/h1-3,8,10,14-15H,4,13H2,(H,16,17). The summed E-state index contributed by atoms with van der Waals surface area (Å²) in [4.78, 5) is 10.8. The summed E-state index contributed by atoms with van der Waals surface area (Å²) >= 11 is 0. The van der Waals surface area contributed by atoms with Crippen LogP contribution in [0.15, 0.2) is 18.2 Å². The zero-order valence-corrected chi connectivity index (χ0v) is 8.87. The van der Waals surface area contributed by atoms with E-state index in [1.165, 1.54) is 18.2 Å². The first-order valence-corrected chi connectivity index (χ1v) is 4.83. The Bertz CT molecular complexity index is 467. The van der Waals surface area contributed by atoms with Gasteiger partial charge in [0.2, 0.25) is 0 Å². The van der Waals surface area contributed by atoms with Gasteiger partial charge in [-0.1, -0.05) is 12.1 Å². The predicted molar refractivity (Wildman–Crippen MR) is 59.0 cm³/mol. The van der Waals surface area contributed by atoms with Crippen LogP contribution in [0.25, 0.3) is 0 Å². The van der Waals surface area contributed by atoms with E-state index in [0.29, 0.717) is 0 Å². The normalized spacial score (nSPS) is 13.7. The highest BCUT2D eigenvalue weighted by Crippen LogP contribution is 2.27. The molecule has 1 aromatic rings. The zero-order chi connectivity index (χ0) is 13.0. The van der Waals surface area contributed by atoms with E-state index >= 15 is 0 Å². The summed E-state index contributed by atoms with van der Waals surface area (Å²) in [5.74, 6) is -1.22. The van der Waals surface area contributed by atoms with Gasteiger partial charge in [0.15, 0.2) is 0 Å². The number of anilines is 1. The monoisotopic (exact) mass is 236 g/mol. The highest BCUT2D eigenvalue weighted by atomic mass is 16.4. The van der Waals surface area contributed by atoms with Crippen LogP contribution in [0.3, 0.4) is 0 Å². The summed E-state index contributed by atoms with van der Waals surface area (Å²) < 4.78 is 0. The van der Waals surface area contributed by atoms with Crippen molar-refractivity contribution in [1.29, 1.82) is 5.26 Å². The second-order valence-electron chi connectivity index (χ2n) is 3.49. The third-order valence-electron chi connectivity index (χ3n) is 2.35. The minimum absolute atomic E-state index is 0.104. The van der Waals surface area contributed by atoms with Gasteiger partial charge in [0, 0.05) is 5.56 Å². The van der Waals surface area contributed by atoms with Crippen LogP contribution in [0.5, 0.6) is 0 Å². The molecule has 17 heavy (non-hydrogen) atoms. The number of para-hydroxylation sites is 1. The summed E-state index contributed by atoms with van der Waals surface area (Å²) in [7, 11) is 0. The Morgan fingerprint density at radius 3 is 2.65 bits per heavy atom. The minimum atomic E-state index is -1.38. The Kier molecular flexibility index (Phi) is 4.04. The van der Waals surface area contributed by atoms with Crippen LogP contribution in [0.4, 0.5) is 5.69 Å². The highest BCUT2D eigenvalue weighted by Gasteiger charge is 2.22. The molecule has 1 rings (SSSR count). The van der Waals surface area contributed by atoms with Crippen molar-refractivity contribution in [3.8, 4) is 6.07 Å². The minimum Gasteiger partial charge on any atom is -0.478 e. The molecule has 0 saturated heterocycles. The van der Waals surface area contributed by atoms with E-state index in [0.717, 1.165) is 0 Å². The number of nitrogens with two attached hydrogens (primary N) is 1. The molecule has 6 nitrogen and oxygen atoms in total. The van der Waals surface area contributed by atoms with Crippen molar-refractivity contribution in [1.82, 2.24) is 0 Å². The third kappa shape index (κ3) is 2.72. The molecule has 6 heteroatoms. The summed E-state index contributed by atoms with van der Waals surface area (Å²) in [6.45, 7) is 0. The van der Waals surface area contributed by atoms with E-state index < -0.39 is 18.2 Å². The number of carboxylic acids is 1. The van der Waals surface area contributed by atoms with Crippen molar-refractivity contribution in [3.05, 3.63) is 29.3 Å². The number of aromatic carboxylic acids is 1. The molecule has 2 atom stereocenters. The lowest BCUT2D eigenvalue weighted by molar-refractivity contribution is 0.0220. The maximum Gasteiger partial charge on any atom is 0.337 e. The molecule has 0 aliphatic rings. The Hall–Kier alpha value is -2.10. The Morgan fingerprint density at radius 1 is 1.47 bits per heavy atom. The van der Waals surface area contributed by atoms with E-state index in [1.54, 1.807) is 6.07 Å². The number of nitrogens with zero attached hydrogens (tertiary/aromatic N) is 1. The molecule has 1 aromatic carbocycles. The summed E-state index contributed by atoms with van der Waals surface area (Å²) in [5.41, 5.74) is 5.43. The number of carbonyl (C=O) groups is 1. The van der Waals surface area contributed by atoms with Crippen molar-refractivity contribution in [2.75, 3.05) is 5.73 Å². The lowest BCUT2D eigenvalue weighted by atomic mass is 9.98. The van der Waals surface area contributed by atoms with Gasteiger partial charge in [0.1, 0.15) is 6.10 Å². The van der Waals surface area contributed by atoms with Crippen molar-refractivity contribution in [2.45, 2.75) is 18.6 Å². The van der Waals surface area contributed by atoms with Crippen molar-refractivity contribution in [3.63, 3.8) is 0 Å². The molecule has 0 aliphatic heterocycles. The van der Waals surface area contributed by atoms with E-state index in [4.69, 9.17) is 16.1 Å². The second-order valence-corrected chi connectivity index (χ2v) is 3.49. The summed E-state index contributed by atoms with van der Waals surface area (Å²) in [6, 6.07) is 5.83. The van der Waals surface area contributed by atoms with Gasteiger partial charge >= 0.3 is 5.97 Å².